The van der Waals surface area contributed by atoms with Gasteiger partial charge < -0.3 is 10.2 Å². The SMILES string of the molecule is CC(C)CNC(=O)C(Cc1ccccc1)N(Cc1ccccc1Cl)C(=O)CN(c1ccc(Cl)cc1)S(C)(=O)=O. The molecule has 10 heteroatoms. The number of hydrogen-bond acceptors (Lipinski definition) is 4. The third-order valence-electron chi connectivity index (χ3n) is 6.05. The second-order valence-corrected chi connectivity index (χ2v) is 12.5. The lowest BCUT2D eigenvalue weighted by molar-refractivity contribution is -0.140. The van der Waals surface area contributed by atoms with Crippen molar-refractivity contribution in [2.45, 2.75) is 32.9 Å². The Morgan fingerprint density at radius 2 is 1.51 bits per heavy atom. The predicted octanol–water partition coefficient (Wildman–Crippen LogP) is 5.17. The molecule has 0 bridgehead atoms. The van der Waals surface area contributed by atoms with Crippen molar-refractivity contribution in [3.63, 3.8) is 0 Å². The van der Waals surface area contributed by atoms with Gasteiger partial charge in [0.15, 0.2) is 0 Å². The van der Waals surface area contributed by atoms with Crippen molar-refractivity contribution >= 4 is 50.7 Å². The first kappa shape index (κ1) is 30.5. The molecule has 2 amide bonds. The molecule has 0 aromatic heterocycles. The standard InChI is InChI=1S/C29H33Cl2N3O4S/c1-21(2)18-32-29(36)27(17-22-9-5-4-6-10-22)33(19-23-11-7-8-12-26(23)31)28(35)20-34(39(3,37)38)25-15-13-24(30)14-16-25/h4-16,21,27H,17-20H2,1-3H3,(H,32,36). The molecule has 0 spiro atoms. The molecule has 0 aliphatic carbocycles. The predicted molar refractivity (Wildman–Crippen MR) is 157 cm³/mol. The molecule has 0 aliphatic heterocycles. The largest absolute Gasteiger partial charge is 0.354 e. The lowest BCUT2D eigenvalue weighted by Gasteiger charge is -2.34. The van der Waals surface area contributed by atoms with Crippen LogP contribution in [0.5, 0.6) is 0 Å². The minimum atomic E-state index is -3.85. The van der Waals surface area contributed by atoms with Crippen molar-refractivity contribution in [3.05, 3.63) is 100 Å². The number of anilines is 1. The summed E-state index contributed by atoms with van der Waals surface area (Å²) in [4.78, 5) is 29.0. The fraction of sp³-hybridized carbons (Fsp3) is 0.310. The zero-order valence-electron chi connectivity index (χ0n) is 22.2. The summed E-state index contributed by atoms with van der Waals surface area (Å²) in [7, 11) is -3.85. The van der Waals surface area contributed by atoms with Gasteiger partial charge in [0, 0.05) is 29.6 Å². The molecule has 39 heavy (non-hydrogen) atoms. The van der Waals surface area contributed by atoms with Gasteiger partial charge in [-0.15, -0.1) is 0 Å². The summed E-state index contributed by atoms with van der Waals surface area (Å²) in [6.07, 6.45) is 1.27. The molecule has 0 saturated heterocycles. The number of nitrogens with zero attached hydrogens (tertiary/aromatic N) is 2. The second-order valence-electron chi connectivity index (χ2n) is 9.70. The topological polar surface area (TPSA) is 86.8 Å². The van der Waals surface area contributed by atoms with Crippen LogP contribution in [0.2, 0.25) is 10.0 Å². The van der Waals surface area contributed by atoms with Gasteiger partial charge in [0.1, 0.15) is 12.6 Å². The van der Waals surface area contributed by atoms with Crippen LogP contribution in [-0.2, 0) is 32.6 Å². The Bertz CT molecular complexity index is 1370. The summed E-state index contributed by atoms with van der Waals surface area (Å²) in [6.45, 7) is 3.90. The van der Waals surface area contributed by atoms with Crippen LogP contribution in [-0.4, -0.2) is 50.5 Å². The summed E-state index contributed by atoms with van der Waals surface area (Å²) in [5.41, 5.74) is 1.79. The van der Waals surface area contributed by atoms with Crippen LogP contribution in [0.1, 0.15) is 25.0 Å². The van der Waals surface area contributed by atoms with Crippen LogP contribution >= 0.6 is 23.2 Å². The first-order valence-electron chi connectivity index (χ1n) is 12.5. The molecule has 3 aromatic carbocycles. The Morgan fingerprint density at radius 1 is 0.897 bits per heavy atom. The average molecular weight is 591 g/mol. The molecular formula is C29H33Cl2N3O4S. The third-order valence-corrected chi connectivity index (χ3v) is 7.81. The highest BCUT2D eigenvalue weighted by Crippen LogP contribution is 2.24. The third kappa shape index (κ3) is 8.98. The first-order chi connectivity index (χ1) is 18.5. The van der Waals surface area contributed by atoms with Crippen LogP contribution < -0.4 is 9.62 Å². The van der Waals surface area contributed by atoms with Crippen molar-refractivity contribution in [1.82, 2.24) is 10.2 Å². The lowest BCUT2D eigenvalue weighted by Crippen LogP contribution is -2.53. The van der Waals surface area contributed by atoms with Crippen LogP contribution in [0.25, 0.3) is 0 Å². The van der Waals surface area contributed by atoms with Gasteiger partial charge in [-0.05, 0) is 47.4 Å². The monoisotopic (exact) mass is 589 g/mol. The summed E-state index contributed by atoms with van der Waals surface area (Å²) in [6, 6.07) is 21.7. The van der Waals surface area contributed by atoms with E-state index in [2.05, 4.69) is 5.32 Å². The van der Waals surface area contributed by atoms with E-state index in [-0.39, 0.29) is 30.5 Å². The van der Waals surface area contributed by atoms with E-state index in [1.165, 1.54) is 17.0 Å². The summed E-state index contributed by atoms with van der Waals surface area (Å²) >= 11 is 12.4. The van der Waals surface area contributed by atoms with Crippen molar-refractivity contribution in [3.8, 4) is 0 Å². The highest BCUT2D eigenvalue weighted by atomic mass is 35.5. The normalized spacial score (nSPS) is 12.2. The maximum Gasteiger partial charge on any atom is 0.244 e. The van der Waals surface area contributed by atoms with E-state index >= 15 is 0 Å². The molecule has 1 atom stereocenters. The highest BCUT2D eigenvalue weighted by molar-refractivity contribution is 7.92. The van der Waals surface area contributed by atoms with Crippen LogP contribution in [0.3, 0.4) is 0 Å². The molecule has 0 fully saturated rings. The molecule has 0 heterocycles. The van der Waals surface area contributed by atoms with E-state index < -0.39 is 28.5 Å². The van der Waals surface area contributed by atoms with Gasteiger partial charge in [-0.2, -0.15) is 0 Å². The van der Waals surface area contributed by atoms with Gasteiger partial charge in [0.05, 0.1) is 11.9 Å². The van der Waals surface area contributed by atoms with Crippen molar-refractivity contribution in [1.29, 1.82) is 0 Å². The zero-order chi connectivity index (χ0) is 28.6. The minimum absolute atomic E-state index is 0.0172. The molecule has 1 unspecified atom stereocenters. The van der Waals surface area contributed by atoms with E-state index in [4.69, 9.17) is 23.2 Å². The number of benzene rings is 3. The van der Waals surface area contributed by atoms with Gasteiger partial charge in [-0.3, -0.25) is 13.9 Å². The van der Waals surface area contributed by atoms with Gasteiger partial charge >= 0.3 is 0 Å². The number of sulfonamides is 1. The molecule has 3 aromatic rings. The molecule has 3 rings (SSSR count). The van der Waals surface area contributed by atoms with Crippen molar-refractivity contribution in [2.24, 2.45) is 5.92 Å². The lowest BCUT2D eigenvalue weighted by atomic mass is 10.0. The number of hydrogen-bond donors (Lipinski definition) is 1. The molecule has 7 nitrogen and oxygen atoms in total. The second kappa shape index (κ2) is 13.8. The van der Waals surface area contributed by atoms with Crippen LogP contribution in [0.4, 0.5) is 5.69 Å². The Balaban J connectivity index is 2.05. The summed E-state index contributed by atoms with van der Waals surface area (Å²) in [5, 5.41) is 3.82. The quantitative estimate of drug-likeness (QED) is 0.315. The van der Waals surface area contributed by atoms with E-state index in [1.807, 2.05) is 44.2 Å². The molecule has 0 aliphatic rings. The Morgan fingerprint density at radius 3 is 2.10 bits per heavy atom. The Hall–Kier alpha value is -3.07. The van der Waals surface area contributed by atoms with E-state index in [1.54, 1.807) is 36.4 Å². The molecule has 208 valence electrons. The first-order valence-corrected chi connectivity index (χ1v) is 15.1. The number of nitrogens with one attached hydrogen (secondary N) is 1. The van der Waals surface area contributed by atoms with Crippen molar-refractivity contribution in [2.75, 3.05) is 23.7 Å². The number of halogens is 2. The Labute approximate surface area is 240 Å². The van der Waals surface area contributed by atoms with E-state index in [0.717, 1.165) is 16.1 Å². The van der Waals surface area contributed by atoms with Gasteiger partial charge in [-0.1, -0.05) is 85.6 Å². The number of rotatable bonds is 12. The molecule has 1 N–H and O–H groups in total. The summed E-state index contributed by atoms with van der Waals surface area (Å²) in [5.74, 6) is -0.675. The van der Waals surface area contributed by atoms with Crippen LogP contribution in [0.15, 0.2) is 78.9 Å². The Kier molecular flexibility index (Phi) is 10.8. The maximum atomic E-state index is 14.0. The minimum Gasteiger partial charge on any atom is -0.354 e. The highest BCUT2D eigenvalue weighted by Gasteiger charge is 2.33. The smallest absolute Gasteiger partial charge is 0.244 e. The van der Waals surface area contributed by atoms with Gasteiger partial charge in [0.25, 0.3) is 0 Å². The summed E-state index contributed by atoms with van der Waals surface area (Å²) < 4.78 is 26.6. The molecule has 0 saturated carbocycles. The van der Waals surface area contributed by atoms with Gasteiger partial charge in [0.2, 0.25) is 21.8 Å². The van der Waals surface area contributed by atoms with Crippen LogP contribution in [0, 0.1) is 5.92 Å². The zero-order valence-corrected chi connectivity index (χ0v) is 24.5. The van der Waals surface area contributed by atoms with Crippen molar-refractivity contribution < 1.29 is 18.0 Å². The number of carbonyl (C=O) groups excluding carboxylic acids is 2. The maximum absolute atomic E-state index is 14.0. The van der Waals surface area contributed by atoms with E-state index in [0.29, 0.717) is 22.2 Å². The number of amides is 2. The molecular weight excluding hydrogens is 557 g/mol. The fourth-order valence-corrected chi connectivity index (χ4v) is 5.18. The number of carbonyl (C=O) groups is 2. The van der Waals surface area contributed by atoms with Gasteiger partial charge in [-0.25, -0.2) is 8.42 Å². The van der Waals surface area contributed by atoms with E-state index in [9.17, 15) is 18.0 Å². The fourth-order valence-electron chi connectivity index (χ4n) is 4.01. The average Bonchev–Trinajstić information content (AvgIpc) is 2.89. The molecule has 0 radical (unpaired) electrons.